The van der Waals surface area contributed by atoms with Gasteiger partial charge in [-0.25, -0.2) is 0 Å². The summed E-state index contributed by atoms with van der Waals surface area (Å²) in [7, 11) is 0. The van der Waals surface area contributed by atoms with Crippen molar-refractivity contribution in [2.75, 3.05) is 42.5 Å². The molecule has 1 saturated heterocycles. The molecular weight excluding hydrogens is 250 g/mol. The first kappa shape index (κ1) is 13.4. The van der Waals surface area contributed by atoms with Crippen molar-refractivity contribution in [2.45, 2.75) is 13.8 Å². The molecule has 1 atom stereocenters. The lowest BCUT2D eigenvalue weighted by molar-refractivity contribution is -0.124. The van der Waals surface area contributed by atoms with Crippen LogP contribution in [-0.4, -0.2) is 38.6 Å². The molecule has 20 heavy (non-hydrogen) atoms. The molecule has 4 nitrogen and oxygen atoms in total. The van der Waals surface area contributed by atoms with Crippen LogP contribution in [0.3, 0.4) is 0 Å². The molecule has 1 aromatic carbocycles. The van der Waals surface area contributed by atoms with E-state index in [0.29, 0.717) is 5.92 Å². The smallest absolute Gasteiger partial charge is 0.230 e. The highest BCUT2D eigenvalue weighted by molar-refractivity contribution is 5.99. The first-order chi connectivity index (χ1) is 9.72. The monoisotopic (exact) mass is 273 g/mol. The van der Waals surface area contributed by atoms with E-state index in [4.69, 9.17) is 0 Å². The second-order valence-electron chi connectivity index (χ2n) is 5.77. The lowest BCUT2D eigenvalue weighted by Crippen LogP contribution is -2.52. The third-order valence-corrected chi connectivity index (χ3v) is 4.66. The fraction of sp³-hybridized carbons (Fsp3) is 0.562. The van der Waals surface area contributed by atoms with Crippen LogP contribution in [0.2, 0.25) is 0 Å². The van der Waals surface area contributed by atoms with Gasteiger partial charge in [0.25, 0.3) is 0 Å². The van der Waals surface area contributed by atoms with Crippen LogP contribution in [0.15, 0.2) is 24.3 Å². The van der Waals surface area contributed by atoms with Crippen LogP contribution in [0.5, 0.6) is 0 Å². The van der Waals surface area contributed by atoms with Gasteiger partial charge in [0.2, 0.25) is 5.91 Å². The molecule has 0 aromatic heterocycles. The van der Waals surface area contributed by atoms with Crippen molar-refractivity contribution in [1.29, 1.82) is 0 Å². The fourth-order valence-corrected chi connectivity index (χ4v) is 3.09. The average molecular weight is 273 g/mol. The Balaban J connectivity index is 1.85. The van der Waals surface area contributed by atoms with E-state index in [1.807, 2.05) is 11.0 Å². The maximum Gasteiger partial charge on any atom is 0.230 e. The largest absolute Gasteiger partial charge is 0.368 e. The van der Waals surface area contributed by atoms with Gasteiger partial charge in [-0.15, -0.1) is 0 Å². The van der Waals surface area contributed by atoms with Crippen LogP contribution >= 0.6 is 0 Å². The highest BCUT2D eigenvalue weighted by atomic mass is 16.2. The van der Waals surface area contributed by atoms with Gasteiger partial charge in [0, 0.05) is 25.6 Å². The van der Waals surface area contributed by atoms with Crippen LogP contribution in [0, 0.1) is 11.8 Å². The number of hydrogen-bond acceptors (Lipinski definition) is 3. The maximum absolute atomic E-state index is 12.8. The number of para-hydroxylation sites is 2. The molecule has 1 aromatic rings. The molecule has 3 rings (SSSR count). The van der Waals surface area contributed by atoms with E-state index in [1.54, 1.807) is 0 Å². The molecule has 0 radical (unpaired) electrons. The number of benzene rings is 1. The van der Waals surface area contributed by atoms with Crippen LogP contribution in [-0.2, 0) is 4.79 Å². The number of nitrogens with zero attached hydrogens (tertiary/aromatic N) is 2. The van der Waals surface area contributed by atoms with Gasteiger partial charge >= 0.3 is 0 Å². The molecule has 1 amide bonds. The van der Waals surface area contributed by atoms with Crippen molar-refractivity contribution >= 4 is 17.3 Å². The number of carbonyl (C=O) groups is 1. The summed E-state index contributed by atoms with van der Waals surface area (Å²) in [6.07, 6.45) is 0. The van der Waals surface area contributed by atoms with Gasteiger partial charge in [0.15, 0.2) is 0 Å². The van der Waals surface area contributed by atoms with Crippen molar-refractivity contribution in [3.05, 3.63) is 24.3 Å². The second-order valence-corrected chi connectivity index (χ2v) is 5.77. The zero-order chi connectivity index (χ0) is 14.1. The van der Waals surface area contributed by atoms with Crippen molar-refractivity contribution in [1.82, 2.24) is 5.32 Å². The van der Waals surface area contributed by atoms with Crippen molar-refractivity contribution in [2.24, 2.45) is 11.8 Å². The van der Waals surface area contributed by atoms with Gasteiger partial charge in [0.05, 0.1) is 11.4 Å². The number of nitrogens with one attached hydrogen (secondary N) is 1. The van der Waals surface area contributed by atoms with E-state index in [9.17, 15) is 4.79 Å². The van der Waals surface area contributed by atoms with Gasteiger partial charge in [0.1, 0.15) is 0 Å². The number of carbonyl (C=O) groups excluding carboxylic acids is 1. The first-order valence-corrected chi connectivity index (χ1v) is 7.58. The molecule has 2 aliphatic heterocycles. The normalized spacial score (nSPS) is 20.3. The molecule has 2 heterocycles. The van der Waals surface area contributed by atoms with Crippen LogP contribution in [0.1, 0.15) is 13.8 Å². The number of fused-ring (bicyclic) bond motifs is 1. The lowest BCUT2D eigenvalue weighted by Gasteiger charge is -2.40. The summed E-state index contributed by atoms with van der Waals surface area (Å²) in [5.74, 6) is 0.885. The minimum atomic E-state index is 0.109. The third kappa shape index (κ3) is 2.18. The summed E-state index contributed by atoms with van der Waals surface area (Å²) in [4.78, 5) is 17.1. The summed E-state index contributed by atoms with van der Waals surface area (Å²) in [6, 6.07) is 8.26. The van der Waals surface area contributed by atoms with Crippen molar-refractivity contribution in [3.63, 3.8) is 0 Å². The van der Waals surface area contributed by atoms with E-state index in [-0.39, 0.29) is 11.8 Å². The zero-order valence-electron chi connectivity index (χ0n) is 12.3. The quantitative estimate of drug-likeness (QED) is 0.911. The van der Waals surface area contributed by atoms with Crippen molar-refractivity contribution < 1.29 is 4.79 Å². The second kappa shape index (κ2) is 5.44. The topological polar surface area (TPSA) is 35.6 Å². The number of anilines is 2. The standard InChI is InChI=1S/C16H23N3O/c1-3-18-8-9-19(15-7-5-4-6-14(15)18)16(20)12(2)13-10-17-11-13/h4-7,12-13,17H,3,8-11H2,1-2H3. The molecule has 1 fully saturated rings. The fourth-order valence-electron chi connectivity index (χ4n) is 3.09. The Morgan fingerprint density at radius 3 is 2.60 bits per heavy atom. The molecular formula is C16H23N3O. The van der Waals surface area contributed by atoms with E-state index in [2.05, 4.69) is 42.3 Å². The van der Waals surface area contributed by atoms with Gasteiger partial charge in [-0.05, 0) is 38.1 Å². The molecule has 0 aliphatic carbocycles. The van der Waals surface area contributed by atoms with Gasteiger partial charge in [-0.1, -0.05) is 19.1 Å². The Morgan fingerprint density at radius 1 is 1.30 bits per heavy atom. The number of likely N-dealkylation sites (N-methyl/N-ethyl adjacent to an activating group) is 1. The van der Waals surface area contributed by atoms with Crippen LogP contribution in [0.4, 0.5) is 11.4 Å². The van der Waals surface area contributed by atoms with E-state index < -0.39 is 0 Å². The Hall–Kier alpha value is -1.55. The lowest BCUT2D eigenvalue weighted by atomic mass is 9.87. The summed E-state index contributed by atoms with van der Waals surface area (Å²) in [5, 5.41) is 3.26. The molecule has 0 spiro atoms. The first-order valence-electron chi connectivity index (χ1n) is 7.58. The Morgan fingerprint density at radius 2 is 2.00 bits per heavy atom. The predicted molar refractivity (Wildman–Crippen MR) is 82.2 cm³/mol. The minimum Gasteiger partial charge on any atom is -0.368 e. The molecule has 1 unspecified atom stereocenters. The molecule has 2 aliphatic rings. The minimum absolute atomic E-state index is 0.109. The molecule has 0 saturated carbocycles. The summed E-state index contributed by atoms with van der Waals surface area (Å²) in [5.41, 5.74) is 2.26. The Kier molecular flexibility index (Phi) is 3.66. The Labute approximate surface area is 120 Å². The van der Waals surface area contributed by atoms with Gasteiger partial charge in [-0.2, -0.15) is 0 Å². The van der Waals surface area contributed by atoms with Crippen LogP contribution in [0.25, 0.3) is 0 Å². The molecule has 108 valence electrons. The SMILES string of the molecule is CCN1CCN(C(=O)C(C)C2CNC2)c2ccccc21. The van der Waals surface area contributed by atoms with E-state index in [0.717, 1.165) is 38.4 Å². The highest BCUT2D eigenvalue weighted by Crippen LogP contribution is 2.34. The van der Waals surface area contributed by atoms with Crippen molar-refractivity contribution in [3.8, 4) is 0 Å². The highest BCUT2D eigenvalue weighted by Gasteiger charge is 2.34. The predicted octanol–water partition coefficient (Wildman–Crippen LogP) is 1.71. The van der Waals surface area contributed by atoms with E-state index >= 15 is 0 Å². The molecule has 4 heteroatoms. The Bertz CT molecular complexity index is 498. The average Bonchev–Trinajstić information content (AvgIpc) is 2.43. The number of amides is 1. The summed E-state index contributed by atoms with van der Waals surface area (Å²) >= 11 is 0. The summed E-state index contributed by atoms with van der Waals surface area (Å²) < 4.78 is 0. The number of rotatable bonds is 3. The zero-order valence-corrected chi connectivity index (χ0v) is 12.3. The number of hydrogen-bond donors (Lipinski definition) is 1. The molecule has 1 N–H and O–H groups in total. The summed E-state index contributed by atoms with van der Waals surface area (Å²) in [6.45, 7) is 8.90. The third-order valence-electron chi connectivity index (χ3n) is 4.66. The molecule has 0 bridgehead atoms. The maximum atomic E-state index is 12.8. The van der Waals surface area contributed by atoms with E-state index in [1.165, 1.54) is 5.69 Å². The van der Waals surface area contributed by atoms with Gasteiger partial charge in [-0.3, -0.25) is 4.79 Å². The van der Waals surface area contributed by atoms with Gasteiger partial charge < -0.3 is 15.1 Å². The van der Waals surface area contributed by atoms with Crippen LogP contribution < -0.4 is 15.1 Å².